The van der Waals surface area contributed by atoms with Crippen LogP contribution in [0.25, 0.3) is 0 Å². The number of phenolic OH excluding ortho intramolecular Hbond substituents is 1. The van der Waals surface area contributed by atoms with Crippen LogP contribution in [0, 0.1) is 6.92 Å². The zero-order chi connectivity index (χ0) is 19.1. The molecule has 0 spiro atoms. The van der Waals surface area contributed by atoms with Crippen molar-refractivity contribution in [3.63, 3.8) is 0 Å². The van der Waals surface area contributed by atoms with Gasteiger partial charge in [0.1, 0.15) is 5.75 Å². The van der Waals surface area contributed by atoms with E-state index in [1.807, 2.05) is 19.1 Å². The molecule has 2 N–H and O–H groups in total. The number of hydrogen-bond acceptors (Lipinski definition) is 5. The number of nitrogens with one attached hydrogen (secondary N) is 1. The zero-order valence-corrected chi connectivity index (χ0v) is 15.4. The van der Waals surface area contributed by atoms with Gasteiger partial charge < -0.3 is 14.6 Å². The highest BCUT2D eigenvalue weighted by molar-refractivity contribution is 5.83. The summed E-state index contributed by atoms with van der Waals surface area (Å²) in [4.78, 5) is 11.9. The number of nitrogens with zero attached hydrogens (tertiary/aromatic N) is 1. The highest BCUT2D eigenvalue weighted by Crippen LogP contribution is 2.25. The first kappa shape index (κ1) is 19.3. The van der Waals surface area contributed by atoms with Crippen LogP contribution in [0.4, 0.5) is 0 Å². The van der Waals surface area contributed by atoms with Gasteiger partial charge in [0.2, 0.25) is 0 Å². The minimum atomic E-state index is -0.360. The van der Waals surface area contributed by atoms with Gasteiger partial charge in [-0.2, -0.15) is 5.10 Å². The van der Waals surface area contributed by atoms with Crippen molar-refractivity contribution in [3.05, 3.63) is 53.1 Å². The fourth-order valence-electron chi connectivity index (χ4n) is 2.26. The minimum Gasteiger partial charge on any atom is -0.504 e. The third kappa shape index (κ3) is 5.24. The second-order valence-corrected chi connectivity index (χ2v) is 6.19. The molecule has 2 aromatic carbocycles. The van der Waals surface area contributed by atoms with Gasteiger partial charge in [-0.15, -0.1) is 0 Å². The molecule has 1 amide bonds. The Morgan fingerprint density at radius 2 is 2.00 bits per heavy atom. The number of hydrazone groups is 1. The monoisotopic (exact) mass is 356 g/mol. The van der Waals surface area contributed by atoms with Crippen molar-refractivity contribution in [1.29, 1.82) is 0 Å². The normalized spacial score (nSPS) is 11.0. The summed E-state index contributed by atoms with van der Waals surface area (Å²) in [5, 5.41) is 13.4. The number of phenols is 1. The summed E-state index contributed by atoms with van der Waals surface area (Å²) >= 11 is 0. The lowest BCUT2D eigenvalue weighted by molar-refractivity contribution is -0.123. The number of benzene rings is 2. The lowest BCUT2D eigenvalue weighted by atomic mass is 10.0. The van der Waals surface area contributed by atoms with Gasteiger partial charge in [-0.1, -0.05) is 26.0 Å². The molecule has 0 saturated carbocycles. The summed E-state index contributed by atoms with van der Waals surface area (Å²) < 4.78 is 10.6. The van der Waals surface area contributed by atoms with E-state index in [4.69, 9.17) is 9.47 Å². The topological polar surface area (TPSA) is 80.2 Å². The fourth-order valence-corrected chi connectivity index (χ4v) is 2.26. The lowest BCUT2D eigenvalue weighted by Crippen LogP contribution is -2.24. The van der Waals surface area contributed by atoms with Crippen LogP contribution in [0.5, 0.6) is 17.2 Å². The summed E-state index contributed by atoms with van der Waals surface area (Å²) in [5.74, 6) is 1.10. The molecule has 0 unspecified atom stereocenters. The lowest BCUT2D eigenvalue weighted by Gasteiger charge is -2.12. The van der Waals surface area contributed by atoms with Crippen molar-refractivity contribution in [3.8, 4) is 17.2 Å². The van der Waals surface area contributed by atoms with E-state index in [1.54, 1.807) is 12.1 Å². The summed E-state index contributed by atoms with van der Waals surface area (Å²) in [6, 6.07) is 10.8. The van der Waals surface area contributed by atoms with Crippen LogP contribution in [0.3, 0.4) is 0 Å². The van der Waals surface area contributed by atoms with Crippen LogP contribution < -0.4 is 14.9 Å². The molecular formula is C20H24N2O4. The summed E-state index contributed by atoms with van der Waals surface area (Å²) in [5.41, 5.74) is 5.23. The fraction of sp³-hybridized carbons (Fsp3) is 0.300. The van der Waals surface area contributed by atoms with E-state index < -0.39 is 0 Å². The van der Waals surface area contributed by atoms with E-state index in [9.17, 15) is 9.90 Å². The Labute approximate surface area is 153 Å². The number of carbonyl (C=O) groups excluding carboxylic acids is 1. The number of ether oxygens (including phenoxy) is 2. The second-order valence-electron chi connectivity index (χ2n) is 6.19. The summed E-state index contributed by atoms with van der Waals surface area (Å²) in [7, 11) is 1.46. The average Bonchev–Trinajstić information content (AvgIpc) is 2.62. The molecule has 0 atom stereocenters. The maximum Gasteiger partial charge on any atom is 0.277 e. The first-order valence-electron chi connectivity index (χ1n) is 8.33. The number of aromatic hydroxyl groups is 1. The summed E-state index contributed by atoms with van der Waals surface area (Å²) in [6.07, 6.45) is 1.46. The van der Waals surface area contributed by atoms with E-state index in [-0.39, 0.29) is 18.3 Å². The molecule has 26 heavy (non-hydrogen) atoms. The Balaban J connectivity index is 1.90. The van der Waals surface area contributed by atoms with Crippen LogP contribution in [-0.2, 0) is 4.79 Å². The molecule has 0 saturated heterocycles. The Hall–Kier alpha value is -3.02. The molecular weight excluding hydrogens is 332 g/mol. The van der Waals surface area contributed by atoms with E-state index >= 15 is 0 Å². The van der Waals surface area contributed by atoms with Crippen molar-refractivity contribution in [2.24, 2.45) is 5.10 Å². The van der Waals surface area contributed by atoms with E-state index in [0.29, 0.717) is 23.0 Å². The first-order valence-corrected chi connectivity index (χ1v) is 8.33. The molecule has 2 rings (SSSR count). The van der Waals surface area contributed by atoms with Crippen LogP contribution >= 0.6 is 0 Å². The molecule has 0 radical (unpaired) electrons. The molecule has 0 aliphatic rings. The molecule has 6 heteroatoms. The van der Waals surface area contributed by atoms with Gasteiger partial charge >= 0.3 is 0 Å². The van der Waals surface area contributed by atoms with Gasteiger partial charge in [0.05, 0.1) is 13.3 Å². The predicted octanol–water partition coefficient (Wildman–Crippen LogP) is 3.36. The number of methoxy groups -OCH3 is 1. The maximum atomic E-state index is 11.9. The minimum absolute atomic E-state index is 0.0427. The van der Waals surface area contributed by atoms with Gasteiger partial charge in [0, 0.05) is 0 Å². The van der Waals surface area contributed by atoms with E-state index in [1.165, 1.54) is 19.4 Å². The quantitative estimate of drug-likeness (QED) is 0.589. The highest BCUT2D eigenvalue weighted by atomic mass is 16.5. The van der Waals surface area contributed by atoms with Crippen LogP contribution in [-0.4, -0.2) is 30.9 Å². The number of amides is 1. The molecule has 0 aliphatic heterocycles. The van der Waals surface area contributed by atoms with Gasteiger partial charge in [-0.3, -0.25) is 4.79 Å². The SMILES string of the molecule is COc1cc(/C=N/NC(=O)COc2cc(C(C)C)ccc2C)ccc1O. The Bertz CT molecular complexity index is 800. The maximum absolute atomic E-state index is 11.9. The van der Waals surface area contributed by atoms with Crippen molar-refractivity contribution in [2.45, 2.75) is 26.7 Å². The molecule has 0 fully saturated rings. The first-order chi connectivity index (χ1) is 12.4. The van der Waals surface area contributed by atoms with Crippen LogP contribution in [0.15, 0.2) is 41.5 Å². The van der Waals surface area contributed by atoms with Crippen molar-refractivity contribution < 1.29 is 19.4 Å². The van der Waals surface area contributed by atoms with Gasteiger partial charge in [0.25, 0.3) is 5.91 Å². The Morgan fingerprint density at radius 1 is 1.23 bits per heavy atom. The second kappa shape index (κ2) is 8.89. The van der Waals surface area contributed by atoms with Crippen molar-refractivity contribution in [2.75, 3.05) is 13.7 Å². The largest absolute Gasteiger partial charge is 0.504 e. The third-order valence-electron chi connectivity index (χ3n) is 3.84. The number of carbonyl (C=O) groups is 1. The molecule has 0 aliphatic carbocycles. The number of aryl methyl sites for hydroxylation is 1. The van der Waals surface area contributed by atoms with Gasteiger partial charge in [-0.05, 0) is 53.8 Å². The smallest absolute Gasteiger partial charge is 0.277 e. The number of hydrogen-bond donors (Lipinski definition) is 2. The molecule has 0 heterocycles. The summed E-state index contributed by atoms with van der Waals surface area (Å²) in [6.45, 7) is 6.02. The van der Waals surface area contributed by atoms with Gasteiger partial charge in [0.15, 0.2) is 18.1 Å². The van der Waals surface area contributed by atoms with Crippen molar-refractivity contribution in [1.82, 2.24) is 5.43 Å². The molecule has 0 bridgehead atoms. The van der Waals surface area contributed by atoms with E-state index in [2.05, 4.69) is 30.4 Å². The standard InChI is InChI=1S/C20H24N2O4/c1-13(2)16-7-5-14(3)18(10-16)26-12-20(24)22-21-11-15-6-8-17(23)19(9-15)25-4/h5-11,13,23H,12H2,1-4H3,(H,22,24)/b21-11+. The van der Waals surface area contributed by atoms with Gasteiger partial charge in [-0.25, -0.2) is 5.43 Å². The Morgan fingerprint density at radius 3 is 2.69 bits per heavy atom. The van der Waals surface area contributed by atoms with Crippen LogP contribution in [0.2, 0.25) is 0 Å². The molecule has 138 valence electrons. The van der Waals surface area contributed by atoms with Crippen LogP contribution in [0.1, 0.15) is 36.5 Å². The number of rotatable bonds is 7. The Kier molecular flexibility index (Phi) is 6.60. The van der Waals surface area contributed by atoms with Crippen molar-refractivity contribution >= 4 is 12.1 Å². The average molecular weight is 356 g/mol. The highest BCUT2D eigenvalue weighted by Gasteiger charge is 2.07. The zero-order valence-electron chi connectivity index (χ0n) is 15.4. The molecule has 2 aromatic rings. The molecule has 0 aromatic heterocycles. The third-order valence-corrected chi connectivity index (χ3v) is 3.84. The predicted molar refractivity (Wildman–Crippen MR) is 101 cm³/mol. The van der Waals surface area contributed by atoms with E-state index in [0.717, 1.165) is 11.1 Å². The molecule has 6 nitrogen and oxygen atoms in total.